The molecule has 0 aromatic heterocycles. The third-order valence-electron chi connectivity index (χ3n) is 5.20. The summed E-state index contributed by atoms with van der Waals surface area (Å²) in [7, 11) is 3.13. The number of hydrogen-bond donors (Lipinski definition) is 2. The van der Waals surface area contributed by atoms with Gasteiger partial charge in [-0.05, 0) is 57.4 Å². The summed E-state index contributed by atoms with van der Waals surface area (Å²) in [6, 6.07) is 8.20. The number of carbonyl (C=O) groups excluding carboxylic acids is 3. The van der Waals surface area contributed by atoms with Gasteiger partial charge in [-0.2, -0.15) is 0 Å². The second-order valence-electron chi connectivity index (χ2n) is 8.89. The van der Waals surface area contributed by atoms with E-state index in [1.54, 1.807) is 13.8 Å². The van der Waals surface area contributed by atoms with E-state index in [2.05, 4.69) is 43.0 Å². The van der Waals surface area contributed by atoms with Crippen molar-refractivity contribution in [3.8, 4) is 5.75 Å². The molecule has 2 N–H and O–H groups in total. The van der Waals surface area contributed by atoms with Crippen LogP contribution < -0.4 is 10.1 Å². The van der Waals surface area contributed by atoms with E-state index in [0.29, 0.717) is 31.0 Å². The molecule has 0 fully saturated rings. The number of nitrogens with one attached hydrogen (secondary N) is 1. The Kier molecular flexibility index (Phi) is 29.1. The Labute approximate surface area is 242 Å². The van der Waals surface area contributed by atoms with Crippen LogP contribution in [0.15, 0.2) is 59.7 Å². The highest BCUT2D eigenvalue weighted by Crippen LogP contribution is 2.20. The molecule has 8 heteroatoms. The first-order chi connectivity index (χ1) is 19.1. The molecule has 0 saturated heterocycles. The van der Waals surface area contributed by atoms with Gasteiger partial charge in [-0.1, -0.05) is 65.3 Å². The van der Waals surface area contributed by atoms with Gasteiger partial charge in [-0.15, -0.1) is 0 Å². The monoisotopic (exact) mass is 563 g/mol. The second-order valence-corrected chi connectivity index (χ2v) is 8.89. The van der Waals surface area contributed by atoms with Gasteiger partial charge in [0.25, 0.3) is 12.9 Å². The summed E-state index contributed by atoms with van der Waals surface area (Å²) >= 11 is 0. The smallest absolute Gasteiger partial charge is 0.298 e. The lowest BCUT2D eigenvalue weighted by Gasteiger charge is -2.13. The van der Waals surface area contributed by atoms with Gasteiger partial charge < -0.3 is 24.6 Å². The summed E-state index contributed by atoms with van der Waals surface area (Å²) in [5, 5.41) is 12.8. The Hall–Kier alpha value is -3.55. The van der Waals surface area contributed by atoms with Gasteiger partial charge in [0.15, 0.2) is 5.78 Å². The number of ketones is 1. The van der Waals surface area contributed by atoms with Crippen molar-refractivity contribution in [3.05, 3.63) is 65.3 Å². The fourth-order valence-electron chi connectivity index (χ4n) is 2.74. The van der Waals surface area contributed by atoms with E-state index in [4.69, 9.17) is 14.3 Å². The van der Waals surface area contributed by atoms with E-state index in [1.165, 1.54) is 18.7 Å². The van der Waals surface area contributed by atoms with E-state index >= 15 is 0 Å². The molecule has 0 heterocycles. The minimum atomic E-state index is -0.156. The van der Waals surface area contributed by atoms with Crippen LogP contribution in [-0.2, 0) is 23.9 Å². The lowest BCUT2D eigenvalue weighted by molar-refractivity contribution is -0.126. The molecular weight excluding hydrogens is 510 g/mol. The number of ether oxygens (including phenoxy) is 3. The predicted octanol–water partition coefficient (Wildman–Crippen LogP) is 7.24. The third kappa shape index (κ3) is 23.6. The van der Waals surface area contributed by atoms with Crippen LogP contribution in [0.5, 0.6) is 5.75 Å². The highest BCUT2D eigenvalue weighted by molar-refractivity contribution is 5.95. The third-order valence-corrected chi connectivity index (χ3v) is 5.20. The minimum absolute atomic E-state index is 0.0524. The molecule has 0 aliphatic heterocycles. The predicted molar refractivity (Wildman–Crippen MR) is 163 cm³/mol. The number of aliphatic hydroxyl groups excluding tert-OH is 1. The van der Waals surface area contributed by atoms with Crippen molar-refractivity contribution in [2.45, 2.75) is 81.1 Å². The Bertz CT molecular complexity index is 872. The molecule has 1 aromatic carbocycles. The first-order valence-corrected chi connectivity index (χ1v) is 13.8. The van der Waals surface area contributed by atoms with Crippen molar-refractivity contribution in [3.63, 3.8) is 0 Å². The van der Waals surface area contributed by atoms with Crippen LogP contribution in [0.4, 0.5) is 0 Å². The Morgan fingerprint density at radius 1 is 1.05 bits per heavy atom. The van der Waals surface area contributed by atoms with Gasteiger partial charge in [0.2, 0.25) is 0 Å². The molecule has 0 spiro atoms. The molecule has 0 aliphatic rings. The van der Waals surface area contributed by atoms with Crippen molar-refractivity contribution in [2.75, 3.05) is 20.8 Å². The van der Waals surface area contributed by atoms with Crippen molar-refractivity contribution < 1.29 is 33.7 Å². The molecule has 1 atom stereocenters. The molecule has 1 rings (SSSR count). The Morgan fingerprint density at radius 3 is 2.08 bits per heavy atom. The van der Waals surface area contributed by atoms with Gasteiger partial charge in [0.05, 0.1) is 13.7 Å². The summed E-state index contributed by atoms with van der Waals surface area (Å²) in [5.74, 6) is 1.69. The standard InChI is InChI=1S/C16H25NO4.C12H18O.C2H4O2.C2H6/c1-5-14(19)13(3)15(20)10-16(21-11-18)12(2)8-6-7-9-17-4;1-10(2)8-9-13-12-6-4-11(3)5-7-12;1-4-2-3;1-2/h7,9-12,17,20H,5-6,8H2,1-4H3;4-7,10H,8-9H2,1-3H3;2H,1H3;1-2H3/b9-7+,15-13-,16-10-;;;. The molecule has 0 bridgehead atoms. The molecule has 0 saturated carbocycles. The number of carbonyl (C=O) groups is 3. The van der Waals surface area contributed by atoms with Gasteiger partial charge in [0.1, 0.15) is 17.3 Å². The van der Waals surface area contributed by atoms with Crippen molar-refractivity contribution >= 4 is 18.7 Å². The van der Waals surface area contributed by atoms with E-state index in [1.807, 2.05) is 52.2 Å². The van der Waals surface area contributed by atoms with Gasteiger partial charge in [-0.3, -0.25) is 14.4 Å². The van der Waals surface area contributed by atoms with E-state index in [9.17, 15) is 14.7 Å². The second kappa shape index (κ2) is 28.5. The van der Waals surface area contributed by atoms with Crippen LogP contribution in [0, 0.1) is 18.8 Å². The van der Waals surface area contributed by atoms with Crippen LogP contribution in [0.2, 0.25) is 0 Å². The quantitative estimate of drug-likeness (QED) is 0.0994. The molecule has 0 radical (unpaired) electrons. The molecule has 1 unspecified atom stereocenters. The zero-order chi connectivity index (χ0) is 31.3. The summed E-state index contributed by atoms with van der Waals surface area (Å²) in [4.78, 5) is 31.1. The number of rotatable bonds is 15. The topological polar surface area (TPSA) is 111 Å². The fraction of sp³-hybridized carbons (Fsp3) is 0.531. The van der Waals surface area contributed by atoms with Crippen LogP contribution in [-0.4, -0.2) is 44.6 Å². The number of benzene rings is 1. The number of Topliss-reactive ketones (excluding diaryl/α,β-unsaturated/α-hetero) is 1. The molecule has 0 aliphatic carbocycles. The fourth-order valence-corrected chi connectivity index (χ4v) is 2.74. The lowest BCUT2D eigenvalue weighted by Crippen LogP contribution is -2.06. The number of aryl methyl sites for hydroxylation is 1. The molecular formula is C32H53NO7. The lowest BCUT2D eigenvalue weighted by atomic mass is 10.0. The van der Waals surface area contributed by atoms with E-state index < -0.39 is 0 Å². The number of aliphatic hydroxyl groups is 1. The van der Waals surface area contributed by atoms with E-state index in [-0.39, 0.29) is 23.0 Å². The maximum atomic E-state index is 11.5. The van der Waals surface area contributed by atoms with Crippen LogP contribution in [0.25, 0.3) is 0 Å². The van der Waals surface area contributed by atoms with Crippen LogP contribution in [0.1, 0.15) is 79.7 Å². The average Bonchev–Trinajstić information content (AvgIpc) is 2.96. The zero-order valence-electron chi connectivity index (χ0n) is 26.3. The van der Waals surface area contributed by atoms with Gasteiger partial charge in [0, 0.05) is 31.0 Å². The molecule has 0 amide bonds. The van der Waals surface area contributed by atoms with E-state index in [0.717, 1.165) is 31.6 Å². The summed E-state index contributed by atoms with van der Waals surface area (Å²) in [6.07, 6.45) is 8.15. The number of methoxy groups -OCH3 is 1. The maximum absolute atomic E-state index is 11.5. The summed E-state index contributed by atoms with van der Waals surface area (Å²) < 4.78 is 14.4. The average molecular weight is 564 g/mol. The molecule has 1 aromatic rings. The molecule has 40 heavy (non-hydrogen) atoms. The number of allylic oxidation sites excluding steroid dienone is 4. The van der Waals surface area contributed by atoms with Crippen molar-refractivity contribution in [2.24, 2.45) is 11.8 Å². The molecule has 8 nitrogen and oxygen atoms in total. The maximum Gasteiger partial charge on any atom is 0.298 e. The highest BCUT2D eigenvalue weighted by Gasteiger charge is 2.13. The van der Waals surface area contributed by atoms with Gasteiger partial charge >= 0.3 is 0 Å². The summed E-state index contributed by atoms with van der Waals surface area (Å²) in [5.41, 5.74) is 1.54. The van der Waals surface area contributed by atoms with Crippen molar-refractivity contribution in [1.82, 2.24) is 5.32 Å². The largest absolute Gasteiger partial charge is 0.507 e. The van der Waals surface area contributed by atoms with Gasteiger partial charge in [-0.25, -0.2) is 0 Å². The summed E-state index contributed by atoms with van der Waals surface area (Å²) in [6.45, 7) is 17.2. The minimum Gasteiger partial charge on any atom is -0.507 e. The normalized spacial score (nSPS) is 11.7. The highest BCUT2D eigenvalue weighted by atomic mass is 16.5. The molecule has 228 valence electrons. The SMILES string of the molecule is CC.CCC(=O)/C(C)=C(O)/C=C(\OC=O)C(C)CC/C=C/NC.COC=O.Cc1ccc(OCCC(C)C)cc1. The first-order valence-electron chi connectivity index (χ1n) is 13.8. The Morgan fingerprint density at radius 2 is 1.62 bits per heavy atom. The van der Waals surface area contributed by atoms with Crippen molar-refractivity contribution in [1.29, 1.82) is 0 Å². The first kappa shape index (κ1) is 40.9. The van der Waals surface area contributed by atoms with Crippen LogP contribution in [0.3, 0.4) is 0 Å². The Balaban J connectivity index is -0.000000608. The zero-order valence-corrected chi connectivity index (χ0v) is 26.3. The number of hydrogen-bond acceptors (Lipinski definition) is 8. The van der Waals surface area contributed by atoms with Crippen LogP contribution >= 0.6 is 0 Å².